The second-order valence-electron chi connectivity index (χ2n) is 35.9. The summed E-state index contributed by atoms with van der Waals surface area (Å²) < 4.78 is 0. The van der Waals surface area contributed by atoms with Crippen LogP contribution >= 0.6 is 0 Å². The Morgan fingerprint density at radius 2 is 0.339 bits per heavy atom. The second kappa shape index (κ2) is 48.6. The van der Waals surface area contributed by atoms with E-state index < -0.39 is 23.7 Å². The fraction of sp³-hybridized carbons (Fsp3) is 0.750. The molecule has 4 saturated heterocycles. The normalized spacial score (nSPS) is 19.7. The van der Waals surface area contributed by atoms with Gasteiger partial charge >= 0.3 is 0 Å². The molecule has 112 heavy (non-hydrogen) atoms. The summed E-state index contributed by atoms with van der Waals surface area (Å²) in [4.78, 5) is 18.8. The predicted molar refractivity (Wildman–Crippen MR) is 465 cm³/mol. The van der Waals surface area contributed by atoms with Crippen LogP contribution in [0.5, 0.6) is 46.0 Å². The maximum Gasteiger partial charge on any atom is 0.127 e. The third kappa shape index (κ3) is 26.5. The van der Waals surface area contributed by atoms with Gasteiger partial charge in [0, 0.05) is 199 Å². The van der Waals surface area contributed by atoms with Crippen LogP contribution in [0.1, 0.15) is 375 Å². The smallest absolute Gasteiger partial charge is 0.127 e. The lowest BCUT2D eigenvalue weighted by atomic mass is 9.74. The number of piperazine rings is 4. The Bertz CT molecular complexity index is 2820. The van der Waals surface area contributed by atoms with E-state index in [2.05, 4.69) is 119 Å². The molecule has 0 unspecified atom stereocenters. The molecule has 0 atom stereocenters. The molecular weight excluding hydrogens is 1390 g/mol. The van der Waals surface area contributed by atoms with Crippen molar-refractivity contribution in [1.29, 1.82) is 0 Å². The summed E-state index contributed by atoms with van der Waals surface area (Å²) in [6.07, 6.45) is 42.5. The van der Waals surface area contributed by atoms with Crippen LogP contribution < -0.4 is 0 Å². The maximum absolute atomic E-state index is 13.9. The quantitative estimate of drug-likeness (QED) is 0.0195. The Balaban J connectivity index is 1.38. The van der Waals surface area contributed by atoms with Crippen molar-refractivity contribution in [1.82, 2.24) is 39.2 Å². The number of likely N-dealkylation sites (N-methyl/N-ethyl adjacent to an activating group) is 4. The molecule has 5 aliphatic rings. The number of phenolic OH excluding ortho intramolecular Hbond substituents is 8. The number of nitrogens with zero attached hydrogens (tertiary/aromatic N) is 8. The Labute approximate surface area is 680 Å². The summed E-state index contributed by atoms with van der Waals surface area (Å²) in [5, 5.41) is 111. The Morgan fingerprint density at radius 3 is 0.482 bits per heavy atom. The molecule has 0 radical (unpaired) electrons. The first-order chi connectivity index (χ1) is 54.5. The lowest BCUT2D eigenvalue weighted by Crippen LogP contribution is -2.44. The number of aromatic hydroxyl groups is 8. The predicted octanol–water partition coefficient (Wildman–Crippen LogP) is 20.8. The van der Waals surface area contributed by atoms with E-state index in [1.807, 2.05) is 0 Å². The topological polar surface area (TPSA) is 188 Å². The van der Waals surface area contributed by atoms with Crippen LogP contribution in [0, 0.1) is 0 Å². The third-order valence-corrected chi connectivity index (χ3v) is 27.0. The molecule has 9 rings (SSSR count). The van der Waals surface area contributed by atoms with Crippen molar-refractivity contribution in [2.45, 2.75) is 334 Å². The van der Waals surface area contributed by atoms with Gasteiger partial charge in [0.2, 0.25) is 0 Å². The Hall–Kier alpha value is -5.04. The molecule has 16 heteroatoms. The first-order valence-corrected chi connectivity index (χ1v) is 46.4. The van der Waals surface area contributed by atoms with Gasteiger partial charge in [0.25, 0.3) is 0 Å². The van der Waals surface area contributed by atoms with Gasteiger partial charge in [0.1, 0.15) is 46.0 Å². The van der Waals surface area contributed by atoms with Gasteiger partial charge in [-0.2, -0.15) is 0 Å². The van der Waals surface area contributed by atoms with E-state index in [4.69, 9.17) is 0 Å². The van der Waals surface area contributed by atoms with Gasteiger partial charge in [-0.25, -0.2) is 0 Å². The summed E-state index contributed by atoms with van der Waals surface area (Å²) in [5.41, 5.74) is 6.77. The first kappa shape index (κ1) is 90.9. The zero-order chi connectivity index (χ0) is 79.7. The number of hydrogen-bond acceptors (Lipinski definition) is 16. The van der Waals surface area contributed by atoms with Crippen molar-refractivity contribution in [2.75, 3.05) is 133 Å². The van der Waals surface area contributed by atoms with E-state index in [1.165, 1.54) is 128 Å². The minimum absolute atomic E-state index is 0.0201. The number of benzene rings is 4. The van der Waals surface area contributed by atoms with Crippen molar-refractivity contribution in [3.8, 4) is 46.0 Å². The van der Waals surface area contributed by atoms with E-state index in [0.29, 0.717) is 92.4 Å². The van der Waals surface area contributed by atoms with E-state index in [1.54, 1.807) is 0 Å². The molecule has 4 aliphatic heterocycles. The lowest BCUT2D eigenvalue weighted by Gasteiger charge is -2.36. The summed E-state index contributed by atoms with van der Waals surface area (Å²) in [5.74, 6) is -2.38. The molecule has 8 bridgehead atoms. The van der Waals surface area contributed by atoms with Crippen LogP contribution in [0.15, 0.2) is 24.3 Å². The number of rotatable bonds is 48. The number of hydrogen-bond donors (Lipinski definition) is 8. The Kier molecular flexibility index (Phi) is 39.4. The molecule has 632 valence electrons. The monoisotopic (exact) mass is 1550 g/mol. The minimum Gasteiger partial charge on any atom is -0.507 e. The van der Waals surface area contributed by atoms with Gasteiger partial charge in [0.15, 0.2) is 0 Å². The van der Waals surface area contributed by atoms with Gasteiger partial charge in [-0.15, -0.1) is 0 Å². The van der Waals surface area contributed by atoms with Crippen LogP contribution in [-0.2, 0) is 26.2 Å². The summed E-state index contributed by atoms with van der Waals surface area (Å²) in [7, 11) is 8.61. The van der Waals surface area contributed by atoms with Crippen LogP contribution in [0.4, 0.5) is 0 Å². The van der Waals surface area contributed by atoms with Crippen molar-refractivity contribution >= 4 is 0 Å². The van der Waals surface area contributed by atoms with Gasteiger partial charge in [-0.05, 0) is 78.1 Å². The molecule has 4 heterocycles. The molecule has 4 aromatic rings. The van der Waals surface area contributed by atoms with E-state index >= 15 is 0 Å². The Morgan fingerprint density at radius 1 is 0.205 bits per heavy atom. The van der Waals surface area contributed by atoms with Crippen molar-refractivity contribution in [3.05, 3.63) is 91.0 Å². The van der Waals surface area contributed by atoms with Crippen LogP contribution in [0.3, 0.4) is 0 Å². The highest BCUT2D eigenvalue weighted by atomic mass is 16.3. The van der Waals surface area contributed by atoms with Gasteiger partial charge < -0.3 is 60.5 Å². The average Bonchev–Trinajstić information content (AvgIpc) is 0.735. The summed E-state index contributed by atoms with van der Waals surface area (Å²) >= 11 is 0. The lowest BCUT2D eigenvalue weighted by molar-refractivity contribution is 0.145. The largest absolute Gasteiger partial charge is 0.507 e. The zero-order valence-corrected chi connectivity index (χ0v) is 72.2. The number of fused-ring (bicyclic) bond motifs is 8. The van der Waals surface area contributed by atoms with Crippen molar-refractivity contribution in [3.63, 3.8) is 0 Å². The number of phenols is 8. The third-order valence-electron chi connectivity index (χ3n) is 27.0. The van der Waals surface area contributed by atoms with E-state index in [-0.39, 0.29) is 72.2 Å². The van der Waals surface area contributed by atoms with Gasteiger partial charge in [-0.1, -0.05) is 259 Å². The molecule has 4 fully saturated rings. The molecule has 0 saturated carbocycles. The zero-order valence-electron chi connectivity index (χ0n) is 72.2. The molecule has 0 aromatic heterocycles. The molecule has 0 amide bonds. The van der Waals surface area contributed by atoms with E-state index in [9.17, 15) is 40.9 Å². The van der Waals surface area contributed by atoms with Crippen LogP contribution in [0.2, 0.25) is 0 Å². The number of unbranched alkanes of at least 4 members (excludes halogenated alkanes) is 32. The van der Waals surface area contributed by atoms with Gasteiger partial charge in [0.05, 0.1) is 22.3 Å². The van der Waals surface area contributed by atoms with Crippen LogP contribution in [0.25, 0.3) is 0 Å². The second-order valence-corrected chi connectivity index (χ2v) is 35.9. The summed E-state index contributed by atoms with van der Waals surface area (Å²) in [6, 6.07) is 8.29. The highest BCUT2D eigenvalue weighted by Crippen LogP contribution is 2.57. The molecule has 16 nitrogen and oxygen atoms in total. The highest BCUT2D eigenvalue weighted by Gasteiger charge is 2.39. The molecule has 1 aliphatic carbocycles. The maximum atomic E-state index is 13.9. The van der Waals surface area contributed by atoms with E-state index in [0.717, 1.165) is 207 Å². The fourth-order valence-electron chi connectivity index (χ4n) is 19.3. The van der Waals surface area contributed by atoms with Gasteiger partial charge in [-0.3, -0.25) is 19.6 Å². The van der Waals surface area contributed by atoms with Crippen molar-refractivity contribution in [2.24, 2.45) is 0 Å². The first-order valence-electron chi connectivity index (χ1n) is 46.4. The molecule has 4 aromatic carbocycles. The standard InChI is InChI=1S/C96H160N8O8/c1-9-13-17-21-25-29-33-37-41-45-73-77-65-79(91(107)85(89(77)105)69-101-57-49-97(5)50-58-101)74(46-42-38-34-30-26-22-18-14-10-2)81-67-83(95(111)87(93(81)109)71-103-61-53-99(7)54-62-103)76(48-44-40-36-32-28-24-20-16-12-4)84-68-82(94(110)88(96(84)112)72-104-63-55-100(8)56-64-104)75(47-43-39-35-31-27-23-19-15-11-3)80-66-78(73)90(106)86(92(80)108)70-102-59-51-98(6)52-60-102/h65-68,73-76,105-112H,9-64,69-72H2,1-8H3. The average molecular weight is 1550 g/mol. The minimum atomic E-state index is -0.635. The molecule has 8 N–H and O–H groups in total. The van der Waals surface area contributed by atoms with Crippen LogP contribution in [-0.4, -0.2) is 213 Å². The summed E-state index contributed by atoms with van der Waals surface area (Å²) in [6.45, 7) is 22.8. The molecular formula is C96H160N8O8. The highest BCUT2D eigenvalue weighted by molar-refractivity contribution is 5.68. The SMILES string of the molecule is CCCCCCCCCCCC1c2cc(c(O)c(CN3CCN(C)CC3)c2O)C(CCCCCCCCCCC)c2cc(c(O)c(CN3CCN(C)CC3)c2O)C(CCCCCCCCCCC)c2cc(c(O)c(CN3CCN(C)CC3)c2O)C(CCCCCCCCCCC)c2cc1c(O)c(CN1CCN(C)CC1)c2O. The fourth-order valence-corrected chi connectivity index (χ4v) is 19.3. The molecule has 0 spiro atoms. The van der Waals surface area contributed by atoms with Crippen molar-refractivity contribution < 1.29 is 40.9 Å².